The van der Waals surface area contributed by atoms with Crippen molar-refractivity contribution in [2.75, 3.05) is 6.61 Å². The van der Waals surface area contributed by atoms with Crippen LogP contribution in [-0.4, -0.2) is 35.7 Å². The molecule has 5 nitrogen and oxygen atoms in total. The Morgan fingerprint density at radius 2 is 1.66 bits per heavy atom. The lowest BCUT2D eigenvalue weighted by Gasteiger charge is -2.34. The molecule has 0 radical (unpaired) electrons. The largest absolute Gasteiger partial charge is 0.481 e. The maximum atomic E-state index is 14.1. The number of hydrogen-bond acceptors (Lipinski definition) is 3. The molecule has 1 saturated carbocycles. The smallest absolute Gasteiger partial charge is 0.407 e. The van der Waals surface area contributed by atoms with E-state index in [1.807, 2.05) is 48.5 Å². The van der Waals surface area contributed by atoms with Crippen molar-refractivity contribution in [3.8, 4) is 11.1 Å². The number of carbonyl (C=O) groups is 2. The second-order valence-electron chi connectivity index (χ2n) is 7.59. The molecule has 2 aromatic rings. The van der Waals surface area contributed by atoms with Crippen LogP contribution in [0.3, 0.4) is 0 Å². The van der Waals surface area contributed by atoms with Gasteiger partial charge in [0.2, 0.25) is 0 Å². The zero-order valence-electron chi connectivity index (χ0n) is 15.6. The predicted molar refractivity (Wildman–Crippen MR) is 102 cm³/mol. The first-order valence-electron chi connectivity index (χ1n) is 9.59. The maximum absolute atomic E-state index is 14.1. The lowest BCUT2D eigenvalue weighted by molar-refractivity contribution is -0.147. The van der Waals surface area contributed by atoms with E-state index in [9.17, 15) is 18.4 Å². The van der Waals surface area contributed by atoms with E-state index in [4.69, 9.17) is 9.84 Å². The van der Waals surface area contributed by atoms with E-state index in [1.165, 1.54) is 0 Å². The van der Waals surface area contributed by atoms with Crippen LogP contribution in [0.25, 0.3) is 11.1 Å². The standard InChI is InChI=1S/C22H21F2NO4/c23-22(24)10-9-13(20(26)27)11-19(22)25-21(28)29-12-18-16-7-3-1-5-14(16)15-6-2-4-8-17(15)18/h1-8,13,18-19H,9-12H2,(H,25,28)(H,26,27)/t13-,19+/m0/s1. The van der Waals surface area contributed by atoms with Gasteiger partial charge < -0.3 is 15.2 Å². The number of halogens is 2. The molecule has 4 rings (SSSR count). The summed E-state index contributed by atoms with van der Waals surface area (Å²) in [6.07, 6.45) is -1.95. The van der Waals surface area contributed by atoms with Gasteiger partial charge in [0.1, 0.15) is 6.61 Å². The number of alkyl halides is 2. The number of ether oxygens (including phenoxy) is 1. The Morgan fingerprint density at radius 3 is 2.24 bits per heavy atom. The number of carboxylic acid groups (broad SMARTS) is 1. The second kappa shape index (κ2) is 7.46. The number of carbonyl (C=O) groups excluding carboxylic acids is 1. The molecular weight excluding hydrogens is 380 g/mol. The van der Waals surface area contributed by atoms with E-state index in [0.717, 1.165) is 22.3 Å². The zero-order valence-corrected chi connectivity index (χ0v) is 15.6. The highest BCUT2D eigenvalue weighted by molar-refractivity contribution is 5.79. The summed E-state index contributed by atoms with van der Waals surface area (Å²) < 4.78 is 33.6. The molecule has 2 aliphatic rings. The monoisotopic (exact) mass is 401 g/mol. The zero-order chi connectivity index (χ0) is 20.6. The number of amides is 1. The lowest BCUT2D eigenvalue weighted by Crippen LogP contribution is -2.52. The molecule has 0 unspecified atom stereocenters. The molecule has 2 aromatic carbocycles. The van der Waals surface area contributed by atoms with Gasteiger partial charge >= 0.3 is 12.1 Å². The van der Waals surface area contributed by atoms with Crippen molar-refractivity contribution in [1.29, 1.82) is 0 Å². The molecule has 2 N–H and O–H groups in total. The third-order valence-electron chi connectivity index (χ3n) is 5.84. The highest BCUT2D eigenvalue weighted by Crippen LogP contribution is 2.44. The van der Waals surface area contributed by atoms with E-state index < -0.39 is 36.4 Å². The van der Waals surface area contributed by atoms with Crippen LogP contribution in [0.5, 0.6) is 0 Å². The molecule has 29 heavy (non-hydrogen) atoms. The van der Waals surface area contributed by atoms with Crippen molar-refractivity contribution in [3.63, 3.8) is 0 Å². The molecule has 152 valence electrons. The molecule has 0 bridgehead atoms. The fourth-order valence-corrected chi connectivity index (χ4v) is 4.29. The normalized spacial score (nSPS) is 22.4. The van der Waals surface area contributed by atoms with Crippen LogP contribution >= 0.6 is 0 Å². The van der Waals surface area contributed by atoms with Crippen molar-refractivity contribution < 1.29 is 28.2 Å². The summed E-state index contributed by atoms with van der Waals surface area (Å²) >= 11 is 0. The van der Waals surface area contributed by atoms with Crippen molar-refractivity contribution in [2.45, 2.75) is 37.1 Å². The molecule has 2 atom stereocenters. The first-order chi connectivity index (χ1) is 13.9. The maximum Gasteiger partial charge on any atom is 0.407 e. The fourth-order valence-electron chi connectivity index (χ4n) is 4.29. The Labute approximate surface area is 166 Å². The van der Waals surface area contributed by atoms with Gasteiger partial charge in [-0.1, -0.05) is 48.5 Å². The summed E-state index contributed by atoms with van der Waals surface area (Å²) in [5.41, 5.74) is 4.19. The molecule has 7 heteroatoms. The van der Waals surface area contributed by atoms with Crippen molar-refractivity contribution in [3.05, 3.63) is 59.7 Å². The Balaban J connectivity index is 1.44. The quantitative estimate of drug-likeness (QED) is 0.796. The van der Waals surface area contributed by atoms with Gasteiger partial charge in [-0.25, -0.2) is 13.6 Å². The lowest BCUT2D eigenvalue weighted by atomic mass is 9.83. The minimum atomic E-state index is -3.16. The SMILES string of the molecule is O=C(N[C@@H]1C[C@@H](C(=O)O)CCC1(F)F)OCC1c2ccccc2-c2ccccc21. The van der Waals surface area contributed by atoms with Crippen LogP contribution in [0, 0.1) is 5.92 Å². The Bertz CT molecular complexity index is 900. The Morgan fingerprint density at radius 1 is 1.07 bits per heavy atom. The number of benzene rings is 2. The van der Waals surface area contributed by atoms with E-state index in [-0.39, 0.29) is 25.4 Å². The van der Waals surface area contributed by atoms with Crippen LogP contribution in [0.15, 0.2) is 48.5 Å². The van der Waals surface area contributed by atoms with Gasteiger partial charge in [0.25, 0.3) is 5.92 Å². The van der Waals surface area contributed by atoms with Crippen LogP contribution in [0.1, 0.15) is 36.3 Å². The third-order valence-corrected chi connectivity index (χ3v) is 5.84. The van der Waals surface area contributed by atoms with Gasteiger partial charge in [0, 0.05) is 12.3 Å². The van der Waals surface area contributed by atoms with Crippen molar-refractivity contribution >= 4 is 12.1 Å². The summed E-state index contributed by atoms with van der Waals surface area (Å²) in [6, 6.07) is 14.1. The molecule has 0 saturated heterocycles. The van der Waals surface area contributed by atoms with Crippen LogP contribution in [0.4, 0.5) is 13.6 Å². The summed E-state index contributed by atoms with van der Waals surface area (Å²) in [7, 11) is 0. The molecule has 1 fully saturated rings. The van der Waals surface area contributed by atoms with Gasteiger partial charge in [-0.15, -0.1) is 0 Å². The molecule has 1 amide bonds. The number of hydrogen-bond donors (Lipinski definition) is 2. The number of fused-ring (bicyclic) bond motifs is 3. The van der Waals surface area contributed by atoms with E-state index in [1.54, 1.807) is 0 Å². The Hall–Kier alpha value is -2.96. The highest BCUT2D eigenvalue weighted by atomic mass is 19.3. The average Bonchev–Trinajstić information content (AvgIpc) is 3.01. The van der Waals surface area contributed by atoms with Gasteiger partial charge in [-0.2, -0.15) is 0 Å². The first kappa shape index (κ1) is 19.4. The molecule has 0 spiro atoms. The number of nitrogens with one attached hydrogen (secondary N) is 1. The fraction of sp³-hybridized carbons (Fsp3) is 0.364. The summed E-state index contributed by atoms with van der Waals surface area (Å²) in [5, 5.41) is 11.3. The summed E-state index contributed by atoms with van der Waals surface area (Å²) in [6.45, 7) is 0.0144. The summed E-state index contributed by atoms with van der Waals surface area (Å²) in [5.74, 6) is -5.35. The second-order valence-corrected chi connectivity index (χ2v) is 7.59. The molecule has 2 aliphatic carbocycles. The number of alkyl carbamates (subject to hydrolysis) is 1. The molecule has 0 heterocycles. The van der Waals surface area contributed by atoms with E-state index >= 15 is 0 Å². The van der Waals surface area contributed by atoms with Crippen LogP contribution < -0.4 is 5.32 Å². The van der Waals surface area contributed by atoms with E-state index in [0.29, 0.717) is 0 Å². The van der Waals surface area contributed by atoms with E-state index in [2.05, 4.69) is 5.32 Å². The number of carboxylic acids is 1. The van der Waals surface area contributed by atoms with Crippen molar-refractivity contribution in [2.24, 2.45) is 5.92 Å². The minimum Gasteiger partial charge on any atom is -0.481 e. The molecule has 0 aromatic heterocycles. The first-order valence-corrected chi connectivity index (χ1v) is 9.59. The van der Waals surface area contributed by atoms with Gasteiger partial charge in [0.05, 0.1) is 12.0 Å². The van der Waals surface area contributed by atoms with Gasteiger partial charge in [0.15, 0.2) is 0 Å². The van der Waals surface area contributed by atoms with Gasteiger partial charge in [-0.3, -0.25) is 4.79 Å². The minimum absolute atomic E-state index is 0.0144. The van der Waals surface area contributed by atoms with Gasteiger partial charge in [-0.05, 0) is 35.1 Å². The van der Waals surface area contributed by atoms with Crippen LogP contribution in [-0.2, 0) is 9.53 Å². The topological polar surface area (TPSA) is 75.6 Å². The number of aliphatic carboxylic acids is 1. The highest BCUT2D eigenvalue weighted by Gasteiger charge is 2.47. The summed E-state index contributed by atoms with van der Waals surface area (Å²) in [4.78, 5) is 23.4. The molecular formula is C22H21F2NO4. The predicted octanol–water partition coefficient (Wildman–Crippen LogP) is 4.41. The number of rotatable bonds is 4. The van der Waals surface area contributed by atoms with Crippen molar-refractivity contribution in [1.82, 2.24) is 5.32 Å². The molecule has 0 aliphatic heterocycles. The third kappa shape index (κ3) is 3.69. The Kier molecular flexibility index (Phi) is 4.98. The average molecular weight is 401 g/mol. The van der Waals surface area contributed by atoms with Crippen LogP contribution in [0.2, 0.25) is 0 Å².